The predicted octanol–water partition coefficient (Wildman–Crippen LogP) is 2.66. The van der Waals surface area contributed by atoms with Gasteiger partial charge in [-0.15, -0.1) is 0 Å². The number of nitro groups is 1. The van der Waals surface area contributed by atoms with Crippen LogP contribution in [0.5, 0.6) is 0 Å². The van der Waals surface area contributed by atoms with E-state index in [1.807, 2.05) is 37.4 Å². The molecule has 0 spiro atoms. The van der Waals surface area contributed by atoms with E-state index in [2.05, 4.69) is 15.1 Å². The molecular weight excluding hydrogens is 351 g/mol. The van der Waals surface area contributed by atoms with Crippen molar-refractivity contribution in [3.8, 4) is 0 Å². The summed E-state index contributed by atoms with van der Waals surface area (Å²) in [5.41, 5.74) is 0.378. The van der Waals surface area contributed by atoms with E-state index in [1.165, 1.54) is 6.07 Å². The first kappa shape index (κ1) is 18.9. The monoisotopic (exact) mass is 372 g/mol. The van der Waals surface area contributed by atoms with E-state index in [-0.39, 0.29) is 11.6 Å². The Hall–Kier alpha value is -2.84. The van der Waals surface area contributed by atoms with E-state index in [0.717, 1.165) is 43.9 Å². The zero-order valence-electron chi connectivity index (χ0n) is 15.0. The maximum atomic E-state index is 13.5. The number of nitro benzene ring substituents is 1. The van der Waals surface area contributed by atoms with Gasteiger partial charge in [-0.2, -0.15) is 4.39 Å². The zero-order chi connectivity index (χ0) is 19.4. The van der Waals surface area contributed by atoms with E-state index in [4.69, 9.17) is 0 Å². The number of rotatable bonds is 5. The SMILES string of the molecule is CN1CCN(C(C(=O)Nc2ccc(F)c([N+](=O)[O-])c2)c2ccccc2)CC1. The van der Waals surface area contributed by atoms with Crippen molar-refractivity contribution in [2.75, 3.05) is 38.5 Å². The van der Waals surface area contributed by atoms with Gasteiger partial charge >= 0.3 is 5.69 Å². The zero-order valence-corrected chi connectivity index (χ0v) is 15.0. The van der Waals surface area contributed by atoms with Crippen LogP contribution in [0.15, 0.2) is 48.5 Å². The molecule has 27 heavy (non-hydrogen) atoms. The van der Waals surface area contributed by atoms with Gasteiger partial charge in [0.15, 0.2) is 0 Å². The van der Waals surface area contributed by atoms with Crippen LogP contribution in [0.2, 0.25) is 0 Å². The van der Waals surface area contributed by atoms with Gasteiger partial charge in [0, 0.05) is 37.9 Å². The van der Waals surface area contributed by atoms with E-state index in [1.54, 1.807) is 0 Å². The van der Waals surface area contributed by atoms with Crippen LogP contribution >= 0.6 is 0 Å². The maximum absolute atomic E-state index is 13.5. The smallest absolute Gasteiger partial charge is 0.306 e. The molecule has 0 bridgehead atoms. The fourth-order valence-corrected chi connectivity index (χ4v) is 3.18. The molecule has 0 saturated carbocycles. The number of carbonyl (C=O) groups is 1. The Morgan fingerprint density at radius 1 is 1.15 bits per heavy atom. The summed E-state index contributed by atoms with van der Waals surface area (Å²) < 4.78 is 13.5. The number of benzene rings is 2. The summed E-state index contributed by atoms with van der Waals surface area (Å²) in [5.74, 6) is -1.23. The Balaban J connectivity index is 1.85. The number of halogens is 1. The van der Waals surface area contributed by atoms with Crippen molar-refractivity contribution < 1.29 is 14.1 Å². The van der Waals surface area contributed by atoms with Crippen LogP contribution in [-0.4, -0.2) is 53.9 Å². The van der Waals surface area contributed by atoms with Crippen LogP contribution in [-0.2, 0) is 4.79 Å². The molecule has 1 N–H and O–H groups in total. The fraction of sp³-hybridized carbons (Fsp3) is 0.316. The summed E-state index contributed by atoms with van der Waals surface area (Å²) in [4.78, 5) is 27.4. The molecule has 1 saturated heterocycles. The highest BCUT2D eigenvalue weighted by molar-refractivity contribution is 5.95. The van der Waals surface area contributed by atoms with Crippen molar-refractivity contribution in [2.24, 2.45) is 0 Å². The largest absolute Gasteiger partial charge is 0.324 e. The molecule has 3 rings (SSSR count). The van der Waals surface area contributed by atoms with E-state index in [9.17, 15) is 19.3 Å². The molecule has 2 aromatic carbocycles. The van der Waals surface area contributed by atoms with Gasteiger partial charge in [-0.1, -0.05) is 30.3 Å². The minimum atomic E-state index is -0.934. The quantitative estimate of drug-likeness (QED) is 0.645. The normalized spacial score (nSPS) is 16.7. The van der Waals surface area contributed by atoms with Crippen LogP contribution in [0, 0.1) is 15.9 Å². The molecule has 2 aromatic rings. The van der Waals surface area contributed by atoms with E-state index in [0.29, 0.717) is 0 Å². The van der Waals surface area contributed by atoms with Gasteiger partial charge < -0.3 is 10.2 Å². The summed E-state index contributed by atoms with van der Waals surface area (Å²) in [7, 11) is 2.03. The summed E-state index contributed by atoms with van der Waals surface area (Å²) in [6, 6.07) is 12.2. The first-order chi connectivity index (χ1) is 13.0. The number of anilines is 1. The predicted molar refractivity (Wildman–Crippen MR) is 99.9 cm³/mol. The second kappa shape index (κ2) is 8.24. The number of hydrogen-bond donors (Lipinski definition) is 1. The summed E-state index contributed by atoms with van der Waals surface area (Å²) in [5, 5.41) is 13.6. The number of nitrogens with one attached hydrogen (secondary N) is 1. The highest BCUT2D eigenvalue weighted by atomic mass is 19.1. The molecule has 8 heteroatoms. The van der Waals surface area contributed by atoms with Crippen molar-refractivity contribution in [1.82, 2.24) is 9.80 Å². The average molecular weight is 372 g/mol. The van der Waals surface area contributed by atoms with Gasteiger partial charge in [0.1, 0.15) is 6.04 Å². The summed E-state index contributed by atoms with van der Waals surface area (Å²) in [6.07, 6.45) is 0. The fourth-order valence-electron chi connectivity index (χ4n) is 3.18. The number of piperazine rings is 1. The van der Waals surface area contributed by atoms with Crippen molar-refractivity contribution in [3.05, 3.63) is 70.0 Å². The standard InChI is InChI=1S/C19H21FN4O3/c1-22-9-11-23(12-10-22)18(14-5-3-2-4-6-14)19(25)21-15-7-8-16(20)17(13-15)24(26)27/h2-8,13,18H,9-12H2,1H3,(H,21,25). The molecule has 1 atom stereocenters. The Morgan fingerprint density at radius 3 is 2.44 bits per heavy atom. The molecule has 0 aliphatic carbocycles. The molecule has 0 radical (unpaired) electrons. The lowest BCUT2D eigenvalue weighted by atomic mass is 10.0. The molecule has 0 aromatic heterocycles. The molecule has 142 valence electrons. The van der Waals surface area contributed by atoms with Crippen molar-refractivity contribution >= 4 is 17.3 Å². The molecular formula is C19H21FN4O3. The Labute approximate surface area is 156 Å². The van der Waals surface area contributed by atoms with Gasteiger partial charge in [0.2, 0.25) is 11.7 Å². The Morgan fingerprint density at radius 2 is 1.81 bits per heavy atom. The van der Waals surface area contributed by atoms with Crippen molar-refractivity contribution in [1.29, 1.82) is 0 Å². The van der Waals surface area contributed by atoms with Gasteiger partial charge in [-0.25, -0.2) is 0 Å². The molecule has 1 heterocycles. The third-order valence-electron chi connectivity index (χ3n) is 4.68. The second-order valence-corrected chi connectivity index (χ2v) is 6.57. The molecule has 1 aliphatic rings. The lowest BCUT2D eigenvalue weighted by molar-refractivity contribution is -0.387. The van der Waals surface area contributed by atoms with Crippen LogP contribution in [0.3, 0.4) is 0 Å². The third-order valence-corrected chi connectivity index (χ3v) is 4.68. The molecule has 1 aliphatic heterocycles. The first-order valence-corrected chi connectivity index (χ1v) is 8.68. The first-order valence-electron chi connectivity index (χ1n) is 8.68. The van der Waals surface area contributed by atoms with Gasteiger partial charge in [0.25, 0.3) is 0 Å². The van der Waals surface area contributed by atoms with Crippen LogP contribution in [0.25, 0.3) is 0 Å². The lowest BCUT2D eigenvalue weighted by Crippen LogP contribution is -2.48. The topological polar surface area (TPSA) is 78.7 Å². The summed E-state index contributed by atoms with van der Waals surface area (Å²) >= 11 is 0. The maximum Gasteiger partial charge on any atom is 0.306 e. The average Bonchev–Trinajstić information content (AvgIpc) is 2.66. The van der Waals surface area contributed by atoms with Gasteiger partial charge in [-0.3, -0.25) is 19.8 Å². The van der Waals surface area contributed by atoms with Gasteiger partial charge in [0.05, 0.1) is 4.92 Å². The van der Waals surface area contributed by atoms with Crippen LogP contribution in [0.4, 0.5) is 15.8 Å². The summed E-state index contributed by atoms with van der Waals surface area (Å²) in [6.45, 7) is 3.15. The number of nitrogens with zero attached hydrogens (tertiary/aromatic N) is 3. The molecule has 1 unspecified atom stereocenters. The van der Waals surface area contributed by atoms with Crippen molar-refractivity contribution in [3.63, 3.8) is 0 Å². The number of amides is 1. The highest BCUT2D eigenvalue weighted by Gasteiger charge is 2.30. The van der Waals surface area contributed by atoms with Crippen LogP contribution < -0.4 is 5.32 Å². The Bertz CT molecular complexity index is 823. The minimum Gasteiger partial charge on any atom is -0.324 e. The second-order valence-electron chi connectivity index (χ2n) is 6.57. The molecule has 1 amide bonds. The number of likely N-dealkylation sites (N-methyl/N-ethyl adjacent to an activating group) is 1. The Kier molecular flexibility index (Phi) is 5.78. The number of hydrogen-bond acceptors (Lipinski definition) is 5. The van der Waals surface area contributed by atoms with E-state index < -0.39 is 22.5 Å². The molecule has 1 fully saturated rings. The molecule has 7 nitrogen and oxygen atoms in total. The minimum absolute atomic E-state index is 0.197. The van der Waals surface area contributed by atoms with Crippen molar-refractivity contribution in [2.45, 2.75) is 6.04 Å². The number of carbonyl (C=O) groups excluding carboxylic acids is 1. The van der Waals surface area contributed by atoms with Gasteiger partial charge in [-0.05, 0) is 24.7 Å². The highest BCUT2D eigenvalue weighted by Crippen LogP contribution is 2.26. The van der Waals surface area contributed by atoms with Crippen LogP contribution in [0.1, 0.15) is 11.6 Å². The lowest BCUT2D eigenvalue weighted by Gasteiger charge is -2.37. The van der Waals surface area contributed by atoms with E-state index >= 15 is 0 Å². The third kappa shape index (κ3) is 4.47.